The van der Waals surface area contributed by atoms with Crippen molar-refractivity contribution in [2.75, 3.05) is 20.8 Å². The highest BCUT2D eigenvalue weighted by atomic mass is 35.6. The highest BCUT2D eigenvalue weighted by Crippen LogP contribution is 2.38. The molecule has 3 N–H and O–H groups in total. The molecule has 0 radical (unpaired) electrons. The molecule has 0 saturated heterocycles. The monoisotopic (exact) mass is 738 g/mol. The van der Waals surface area contributed by atoms with Crippen LogP contribution in [0.1, 0.15) is 114 Å². The zero-order valence-electron chi connectivity index (χ0n) is 30.9. The minimum atomic E-state index is -1.39. The number of ether oxygens (including phenoxy) is 4. The molecule has 0 heterocycles. The van der Waals surface area contributed by atoms with E-state index in [1.165, 1.54) is 14.2 Å². The molecule has 0 spiro atoms. The predicted molar refractivity (Wildman–Crippen MR) is 199 cm³/mol. The van der Waals surface area contributed by atoms with Gasteiger partial charge in [0.25, 0.3) is 0 Å². The van der Waals surface area contributed by atoms with Gasteiger partial charge in [0, 0.05) is 18.9 Å². The fourth-order valence-electron chi connectivity index (χ4n) is 2.73. The molecule has 11 nitrogen and oxygen atoms in total. The summed E-state index contributed by atoms with van der Waals surface area (Å²) in [7, 11) is 1.31. The van der Waals surface area contributed by atoms with Gasteiger partial charge in [0.05, 0.1) is 26.9 Å². The lowest BCUT2D eigenvalue weighted by molar-refractivity contribution is -0.141. The van der Waals surface area contributed by atoms with E-state index >= 15 is 0 Å². The van der Waals surface area contributed by atoms with Gasteiger partial charge in [-0.05, 0) is 78.7 Å². The number of aliphatic hydroxyl groups excluding tert-OH is 1. The third-order valence-corrected chi connectivity index (χ3v) is 11.5. The van der Waals surface area contributed by atoms with E-state index < -0.39 is 36.8 Å². The molecule has 0 saturated carbocycles. The minimum absolute atomic E-state index is 0. The zero-order valence-corrected chi connectivity index (χ0v) is 34.7. The van der Waals surface area contributed by atoms with Gasteiger partial charge < -0.3 is 34.7 Å². The van der Waals surface area contributed by atoms with Gasteiger partial charge in [-0.25, -0.2) is 9.59 Å². The van der Waals surface area contributed by atoms with E-state index in [2.05, 4.69) is 54.0 Å². The van der Waals surface area contributed by atoms with Gasteiger partial charge in [-0.1, -0.05) is 40.8 Å². The van der Waals surface area contributed by atoms with Gasteiger partial charge in [0.1, 0.15) is 11.2 Å². The number of rotatable bonds is 12. The molecule has 0 bridgehead atoms. The number of esters is 2. The summed E-state index contributed by atoms with van der Waals surface area (Å²) < 4.78 is 19.3. The first kappa shape index (κ1) is 54.1. The maximum atomic E-state index is 11.6. The minimum Gasteiger partial charge on any atom is -0.469 e. The second kappa shape index (κ2) is 26.6. The standard InChI is InChI=1S/C13H25NO4.C12H23NO5.C6H15ClSi.2H2S/c1-6-10(8-7-9-11(15)17-5)14-12(16)18-13(2,3)4;1-12(2,3)18-11(16)13-9(8-14)6-5-7-10(15)17-4;1-6(2,3)8(4,5)7;;/h10H,6-9H2,1-5H3,(H,14,16);9,14H,5-8H2,1-4H3,(H,13,16);1-5H3;2*1H2/t10-;9-;;;/m10.../s1. The van der Waals surface area contributed by atoms with E-state index in [0.29, 0.717) is 30.7 Å². The van der Waals surface area contributed by atoms with Crippen LogP contribution in [-0.4, -0.2) is 80.7 Å². The van der Waals surface area contributed by atoms with Crippen LogP contribution in [0.15, 0.2) is 0 Å². The van der Waals surface area contributed by atoms with Gasteiger partial charge in [-0.2, -0.15) is 38.1 Å². The third-order valence-electron chi connectivity index (χ3n) is 6.26. The van der Waals surface area contributed by atoms with Crippen molar-refractivity contribution in [2.24, 2.45) is 0 Å². The van der Waals surface area contributed by atoms with Crippen molar-refractivity contribution in [1.82, 2.24) is 10.6 Å². The Morgan fingerprint density at radius 1 is 0.717 bits per heavy atom. The number of methoxy groups -OCH3 is 2. The molecule has 0 aliphatic carbocycles. The van der Waals surface area contributed by atoms with Crippen LogP contribution in [0.4, 0.5) is 9.59 Å². The Bertz CT molecular complexity index is 774. The summed E-state index contributed by atoms with van der Waals surface area (Å²) >= 11 is 6.15. The summed E-state index contributed by atoms with van der Waals surface area (Å²) in [5, 5.41) is 14.8. The largest absolute Gasteiger partial charge is 0.469 e. The Balaban J connectivity index is -0.000000191. The van der Waals surface area contributed by atoms with E-state index in [9.17, 15) is 19.2 Å². The van der Waals surface area contributed by atoms with Crippen molar-refractivity contribution in [2.45, 2.75) is 156 Å². The Kier molecular flexibility index (Phi) is 31.3. The van der Waals surface area contributed by atoms with Crippen molar-refractivity contribution in [3.05, 3.63) is 0 Å². The quantitative estimate of drug-likeness (QED) is 0.0811. The van der Waals surface area contributed by atoms with Crippen LogP contribution >= 0.6 is 38.1 Å². The van der Waals surface area contributed by atoms with Gasteiger partial charge in [0.15, 0.2) is 7.38 Å². The van der Waals surface area contributed by atoms with Gasteiger partial charge >= 0.3 is 24.1 Å². The molecule has 0 aliphatic rings. The fraction of sp³-hybridized carbons (Fsp3) is 0.871. The number of nitrogens with one attached hydrogen (secondary N) is 2. The molecular weight excluding hydrogens is 672 g/mol. The normalized spacial score (nSPS) is 12.4. The summed E-state index contributed by atoms with van der Waals surface area (Å²) in [6.07, 6.45) is 2.93. The summed E-state index contributed by atoms with van der Waals surface area (Å²) in [6, 6.07) is -0.381. The molecule has 0 aromatic carbocycles. The lowest BCUT2D eigenvalue weighted by atomic mass is 10.1. The first-order valence-corrected chi connectivity index (χ1v) is 19.2. The molecule has 0 rings (SSSR count). The number of aliphatic hydroxyl groups is 1. The summed E-state index contributed by atoms with van der Waals surface area (Å²) in [4.78, 5) is 44.9. The number of carbonyl (C=O) groups is 4. The summed E-state index contributed by atoms with van der Waals surface area (Å²) in [5.41, 5.74) is -1.06. The number of alkyl carbamates (subject to hydrolysis) is 2. The second-order valence-corrected chi connectivity index (χ2v) is 21.2. The maximum Gasteiger partial charge on any atom is 0.407 e. The molecule has 2 atom stereocenters. The van der Waals surface area contributed by atoms with E-state index in [1.54, 1.807) is 20.8 Å². The van der Waals surface area contributed by atoms with Crippen LogP contribution in [0.25, 0.3) is 0 Å². The van der Waals surface area contributed by atoms with Crippen molar-refractivity contribution in [3.8, 4) is 0 Å². The van der Waals surface area contributed by atoms with Crippen LogP contribution in [0.3, 0.4) is 0 Å². The summed E-state index contributed by atoms with van der Waals surface area (Å²) in [5.74, 6) is -0.522. The van der Waals surface area contributed by atoms with Crippen molar-refractivity contribution in [3.63, 3.8) is 0 Å². The smallest absolute Gasteiger partial charge is 0.407 e. The Morgan fingerprint density at radius 3 is 1.26 bits per heavy atom. The average molecular weight is 740 g/mol. The van der Waals surface area contributed by atoms with E-state index in [1.807, 2.05) is 27.7 Å². The third kappa shape index (κ3) is 35.5. The van der Waals surface area contributed by atoms with E-state index in [-0.39, 0.29) is 58.0 Å². The molecule has 278 valence electrons. The van der Waals surface area contributed by atoms with Crippen molar-refractivity contribution < 1.29 is 43.2 Å². The Morgan fingerprint density at radius 2 is 1.02 bits per heavy atom. The summed E-state index contributed by atoms with van der Waals surface area (Å²) in [6.45, 7) is 23.5. The van der Waals surface area contributed by atoms with Crippen LogP contribution in [0.2, 0.25) is 18.1 Å². The lowest BCUT2D eigenvalue weighted by Crippen LogP contribution is -2.41. The van der Waals surface area contributed by atoms with E-state index in [0.717, 1.165) is 12.8 Å². The number of hydrogen-bond donors (Lipinski definition) is 3. The van der Waals surface area contributed by atoms with Gasteiger partial charge in [-0.15, -0.1) is 0 Å². The number of amides is 2. The molecule has 0 aromatic rings. The van der Waals surface area contributed by atoms with Crippen LogP contribution in [0, 0.1) is 0 Å². The second-order valence-electron chi connectivity index (χ2n) is 13.9. The van der Waals surface area contributed by atoms with Crippen molar-refractivity contribution >= 4 is 69.6 Å². The van der Waals surface area contributed by atoms with Crippen LogP contribution < -0.4 is 10.6 Å². The van der Waals surface area contributed by atoms with Crippen LogP contribution in [0.5, 0.6) is 0 Å². The fourth-order valence-corrected chi connectivity index (χ4v) is 2.73. The molecule has 0 aliphatic heterocycles. The van der Waals surface area contributed by atoms with Crippen LogP contribution in [-0.2, 0) is 28.5 Å². The Labute approximate surface area is 298 Å². The zero-order chi connectivity index (χ0) is 35.4. The van der Waals surface area contributed by atoms with Gasteiger partial charge in [-0.3, -0.25) is 9.59 Å². The number of halogens is 1. The highest BCUT2D eigenvalue weighted by Gasteiger charge is 2.32. The van der Waals surface area contributed by atoms with E-state index in [4.69, 9.17) is 25.7 Å². The first-order valence-electron chi connectivity index (χ1n) is 15.2. The first-order chi connectivity index (χ1) is 19.8. The number of carbonyl (C=O) groups excluding carboxylic acids is 4. The molecular formula is C31H67ClN2O9S2Si. The molecule has 15 heteroatoms. The maximum absolute atomic E-state index is 11.6. The molecule has 0 fully saturated rings. The topological polar surface area (TPSA) is 149 Å². The van der Waals surface area contributed by atoms with Gasteiger partial charge in [0.2, 0.25) is 0 Å². The Hall–Kier alpha value is -1.35. The molecule has 0 aromatic heterocycles. The molecule has 2 amide bonds. The van der Waals surface area contributed by atoms with Crippen molar-refractivity contribution in [1.29, 1.82) is 0 Å². The SMILES string of the molecule is CC(C)(C)[Si](C)(C)Cl.CC[C@H](CCCC(=O)OC)NC(=O)OC(C)(C)C.COC(=O)CCC[C@@H](CO)NC(=O)OC(C)(C)C.S.S. The lowest BCUT2D eigenvalue weighted by Gasteiger charge is -2.29. The molecule has 46 heavy (non-hydrogen) atoms. The predicted octanol–water partition coefficient (Wildman–Crippen LogP) is 7.30. The molecule has 0 unspecified atom stereocenters. The highest BCUT2D eigenvalue weighted by molar-refractivity contribution is 7.59. The number of hydrogen-bond acceptors (Lipinski definition) is 9. The average Bonchev–Trinajstić information content (AvgIpc) is 2.84.